The number of amides is 2. The molecule has 4 nitrogen and oxygen atoms in total. The van der Waals surface area contributed by atoms with E-state index in [0.29, 0.717) is 35.1 Å². The number of benzene rings is 3. The number of rotatable bonds is 10. The van der Waals surface area contributed by atoms with E-state index in [2.05, 4.69) is 5.32 Å². The molecule has 0 radical (unpaired) electrons. The average Bonchev–Trinajstić information content (AvgIpc) is 2.82. The summed E-state index contributed by atoms with van der Waals surface area (Å²) in [7, 11) is 0. The lowest BCUT2D eigenvalue weighted by molar-refractivity contribution is -0.140. The summed E-state index contributed by atoms with van der Waals surface area (Å²) in [5.41, 5.74) is 2.62. The van der Waals surface area contributed by atoms with Gasteiger partial charge in [0, 0.05) is 29.6 Å². The summed E-state index contributed by atoms with van der Waals surface area (Å²) < 4.78 is 0. The summed E-state index contributed by atoms with van der Waals surface area (Å²) in [4.78, 5) is 28.5. The van der Waals surface area contributed by atoms with E-state index in [1.165, 1.54) is 0 Å². The van der Waals surface area contributed by atoms with E-state index in [1.54, 1.807) is 23.1 Å². The van der Waals surface area contributed by atoms with Crippen LogP contribution in [0.5, 0.6) is 0 Å². The van der Waals surface area contributed by atoms with E-state index in [9.17, 15) is 9.59 Å². The monoisotopic (exact) mass is 482 g/mol. The molecule has 1 atom stereocenters. The Morgan fingerprint density at radius 2 is 1.55 bits per heavy atom. The molecule has 6 heteroatoms. The van der Waals surface area contributed by atoms with Crippen LogP contribution in [-0.2, 0) is 29.0 Å². The third kappa shape index (κ3) is 7.34. The zero-order chi connectivity index (χ0) is 23.6. The molecule has 3 rings (SSSR count). The highest BCUT2D eigenvalue weighted by molar-refractivity contribution is 6.35. The van der Waals surface area contributed by atoms with Crippen LogP contribution in [0, 0.1) is 0 Å². The molecule has 3 aromatic rings. The normalized spacial score (nSPS) is 11.6. The van der Waals surface area contributed by atoms with E-state index < -0.39 is 6.04 Å². The molecule has 0 saturated heterocycles. The molecule has 0 aromatic heterocycles. The summed E-state index contributed by atoms with van der Waals surface area (Å²) in [6.07, 6.45) is 1.31. The predicted octanol–water partition coefficient (Wildman–Crippen LogP) is 5.70. The molecular formula is C27H28Cl2N2O2. The second kappa shape index (κ2) is 12.4. The molecule has 0 fully saturated rings. The van der Waals surface area contributed by atoms with Crippen molar-refractivity contribution in [2.45, 2.75) is 38.8 Å². The van der Waals surface area contributed by atoms with Gasteiger partial charge in [-0.2, -0.15) is 0 Å². The number of nitrogens with one attached hydrogen (secondary N) is 1. The second-order valence-corrected chi connectivity index (χ2v) is 8.76. The van der Waals surface area contributed by atoms with Gasteiger partial charge < -0.3 is 10.2 Å². The molecule has 0 aliphatic rings. The molecular weight excluding hydrogens is 455 g/mol. The topological polar surface area (TPSA) is 49.4 Å². The van der Waals surface area contributed by atoms with Crippen LogP contribution in [0.15, 0.2) is 78.9 Å². The van der Waals surface area contributed by atoms with Crippen molar-refractivity contribution in [1.82, 2.24) is 10.2 Å². The molecule has 3 aromatic carbocycles. The zero-order valence-electron chi connectivity index (χ0n) is 18.6. The Hall–Kier alpha value is -2.82. The predicted molar refractivity (Wildman–Crippen MR) is 134 cm³/mol. The van der Waals surface area contributed by atoms with Crippen LogP contribution in [0.1, 0.15) is 30.0 Å². The zero-order valence-corrected chi connectivity index (χ0v) is 20.1. The molecule has 0 heterocycles. The van der Waals surface area contributed by atoms with Crippen LogP contribution in [0.25, 0.3) is 0 Å². The van der Waals surface area contributed by atoms with E-state index in [-0.39, 0.29) is 18.2 Å². The molecule has 33 heavy (non-hydrogen) atoms. The first-order valence-electron chi connectivity index (χ1n) is 11.1. The van der Waals surface area contributed by atoms with Crippen molar-refractivity contribution in [3.8, 4) is 0 Å². The van der Waals surface area contributed by atoms with Gasteiger partial charge in [0.05, 0.1) is 6.42 Å². The molecule has 0 aliphatic heterocycles. The van der Waals surface area contributed by atoms with Crippen molar-refractivity contribution < 1.29 is 9.59 Å². The number of hydrogen-bond acceptors (Lipinski definition) is 2. The van der Waals surface area contributed by atoms with Gasteiger partial charge in [-0.05, 0) is 35.2 Å². The van der Waals surface area contributed by atoms with Gasteiger partial charge >= 0.3 is 0 Å². The first kappa shape index (κ1) is 24.8. The largest absolute Gasteiger partial charge is 0.354 e. The Bertz CT molecular complexity index is 1060. The summed E-state index contributed by atoms with van der Waals surface area (Å²) >= 11 is 12.4. The van der Waals surface area contributed by atoms with Crippen LogP contribution >= 0.6 is 23.2 Å². The number of carbonyl (C=O) groups excluding carboxylic acids is 2. The smallest absolute Gasteiger partial charge is 0.243 e. The summed E-state index contributed by atoms with van der Waals surface area (Å²) in [6, 6.07) is 23.9. The average molecular weight is 483 g/mol. The van der Waals surface area contributed by atoms with Crippen molar-refractivity contribution in [3.05, 3.63) is 106 Å². The van der Waals surface area contributed by atoms with Crippen molar-refractivity contribution in [3.63, 3.8) is 0 Å². The number of nitrogens with zero attached hydrogens (tertiary/aromatic N) is 1. The van der Waals surface area contributed by atoms with Crippen LogP contribution in [0.4, 0.5) is 0 Å². The van der Waals surface area contributed by atoms with Gasteiger partial charge in [0.2, 0.25) is 11.8 Å². The fraction of sp³-hybridized carbons (Fsp3) is 0.259. The van der Waals surface area contributed by atoms with E-state index in [4.69, 9.17) is 23.2 Å². The highest BCUT2D eigenvalue weighted by Gasteiger charge is 2.30. The SMILES string of the molecule is CCCNC(=O)[C@H](Cc1ccccc1)N(Cc1ccccc1)C(=O)Cc1ccc(Cl)cc1Cl. The number of carbonyl (C=O) groups is 2. The van der Waals surface area contributed by atoms with Gasteiger partial charge in [-0.3, -0.25) is 9.59 Å². The highest BCUT2D eigenvalue weighted by Crippen LogP contribution is 2.23. The van der Waals surface area contributed by atoms with E-state index >= 15 is 0 Å². The molecule has 1 N–H and O–H groups in total. The maximum atomic E-state index is 13.6. The first-order chi connectivity index (χ1) is 16.0. The maximum absolute atomic E-state index is 13.6. The second-order valence-electron chi connectivity index (χ2n) is 7.92. The summed E-state index contributed by atoms with van der Waals surface area (Å²) in [6.45, 7) is 2.88. The summed E-state index contributed by atoms with van der Waals surface area (Å²) in [5.74, 6) is -0.331. The minimum absolute atomic E-state index is 0.0786. The van der Waals surface area contributed by atoms with Gasteiger partial charge in [0.15, 0.2) is 0 Å². The third-order valence-corrected chi connectivity index (χ3v) is 5.96. The molecule has 0 spiro atoms. The Kier molecular flexibility index (Phi) is 9.35. The fourth-order valence-electron chi connectivity index (χ4n) is 3.63. The van der Waals surface area contributed by atoms with Crippen molar-refractivity contribution in [2.75, 3.05) is 6.54 Å². The maximum Gasteiger partial charge on any atom is 0.243 e. The number of halogens is 2. The Morgan fingerprint density at radius 3 is 2.15 bits per heavy atom. The minimum Gasteiger partial charge on any atom is -0.354 e. The Labute approximate surface area is 205 Å². The third-order valence-electron chi connectivity index (χ3n) is 5.37. The molecule has 2 amide bonds. The van der Waals surface area contributed by atoms with Crippen LogP contribution in [0.2, 0.25) is 10.0 Å². The van der Waals surface area contributed by atoms with Crippen LogP contribution in [-0.4, -0.2) is 29.3 Å². The molecule has 0 unspecified atom stereocenters. The van der Waals surface area contributed by atoms with E-state index in [1.807, 2.05) is 67.6 Å². The lowest BCUT2D eigenvalue weighted by atomic mass is 10.0. The van der Waals surface area contributed by atoms with Gasteiger partial charge in [0.25, 0.3) is 0 Å². The minimum atomic E-state index is -0.655. The van der Waals surface area contributed by atoms with Gasteiger partial charge in [-0.1, -0.05) is 96.9 Å². The molecule has 0 saturated carbocycles. The fourth-order valence-corrected chi connectivity index (χ4v) is 4.10. The summed E-state index contributed by atoms with van der Waals surface area (Å²) in [5, 5.41) is 3.93. The Morgan fingerprint density at radius 1 is 0.909 bits per heavy atom. The molecule has 0 aliphatic carbocycles. The van der Waals surface area contributed by atoms with Crippen molar-refractivity contribution >= 4 is 35.0 Å². The molecule has 172 valence electrons. The van der Waals surface area contributed by atoms with Crippen LogP contribution in [0.3, 0.4) is 0 Å². The van der Waals surface area contributed by atoms with Gasteiger partial charge in [0.1, 0.15) is 6.04 Å². The Balaban J connectivity index is 1.95. The van der Waals surface area contributed by atoms with Crippen molar-refractivity contribution in [2.24, 2.45) is 0 Å². The van der Waals surface area contributed by atoms with Crippen LogP contribution < -0.4 is 5.32 Å². The van der Waals surface area contributed by atoms with Gasteiger partial charge in [-0.25, -0.2) is 0 Å². The van der Waals surface area contributed by atoms with Gasteiger partial charge in [-0.15, -0.1) is 0 Å². The standard InChI is InChI=1S/C27H28Cl2N2O2/c1-2-15-30-27(33)25(16-20-9-5-3-6-10-20)31(19-21-11-7-4-8-12-21)26(32)17-22-13-14-23(28)18-24(22)29/h3-14,18,25H,2,15-17,19H2,1H3,(H,30,33)/t25-/m0/s1. The lowest BCUT2D eigenvalue weighted by Crippen LogP contribution is -2.51. The van der Waals surface area contributed by atoms with E-state index in [0.717, 1.165) is 17.5 Å². The van der Waals surface area contributed by atoms with Crippen molar-refractivity contribution in [1.29, 1.82) is 0 Å². The molecule has 0 bridgehead atoms. The number of hydrogen-bond donors (Lipinski definition) is 1. The quantitative estimate of drug-likeness (QED) is 0.402. The lowest BCUT2D eigenvalue weighted by Gasteiger charge is -2.32. The highest BCUT2D eigenvalue weighted by atomic mass is 35.5. The first-order valence-corrected chi connectivity index (χ1v) is 11.8.